The van der Waals surface area contributed by atoms with E-state index in [1.165, 1.54) is 6.07 Å². The minimum atomic E-state index is -0.461. The first-order chi connectivity index (χ1) is 9.52. The number of rotatable bonds is 4. The molecule has 2 aromatic carbocycles. The minimum absolute atomic E-state index is 0.0762. The summed E-state index contributed by atoms with van der Waals surface area (Å²) < 4.78 is 19.1. The van der Waals surface area contributed by atoms with Gasteiger partial charge in [-0.25, -0.2) is 4.39 Å². The molecule has 104 valence electrons. The Morgan fingerprint density at radius 2 is 1.90 bits per heavy atom. The highest BCUT2D eigenvalue weighted by Crippen LogP contribution is 2.27. The highest BCUT2D eigenvalue weighted by Gasteiger charge is 2.10. The summed E-state index contributed by atoms with van der Waals surface area (Å²) in [7, 11) is 0. The van der Waals surface area contributed by atoms with Crippen LogP contribution in [0.3, 0.4) is 0 Å². The van der Waals surface area contributed by atoms with E-state index in [1.807, 2.05) is 13.8 Å². The van der Waals surface area contributed by atoms with Crippen LogP contribution in [0.15, 0.2) is 30.3 Å². The third-order valence-electron chi connectivity index (χ3n) is 3.02. The fourth-order valence-electron chi connectivity index (χ4n) is 2.09. The standard InChI is InChI=1S/C16H14ClFO2/c1-10-6-12(8-19)7-11(2)16(10)20-9-13-4-3-5-14(18)15(13)17/h3-8H,9H2,1-2H3. The third kappa shape index (κ3) is 2.99. The van der Waals surface area contributed by atoms with Crippen molar-refractivity contribution in [2.45, 2.75) is 20.5 Å². The molecule has 0 radical (unpaired) electrons. The molecule has 2 aromatic rings. The third-order valence-corrected chi connectivity index (χ3v) is 3.45. The lowest BCUT2D eigenvalue weighted by Crippen LogP contribution is -2.01. The molecule has 0 atom stereocenters. The average Bonchev–Trinajstić information content (AvgIpc) is 2.42. The van der Waals surface area contributed by atoms with Crippen LogP contribution in [0.5, 0.6) is 5.75 Å². The smallest absolute Gasteiger partial charge is 0.150 e. The Kier molecular flexibility index (Phi) is 4.40. The van der Waals surface area contributed by atoms with Gasteiger partial charge in [0.2, 0.25) is 0 Å². The van der Waals surface area contributed by atoms with Crippen molar-refractivity contribution in [3.8, 4) is 5.75 Å². The van der Waals surface area contributed by atoms with Crippen LogP contribution < -0.4 is 4.74 Å². The highest BCUT2D eigenvalue weighted by molar-refractivity contribution is 6.31. The van der Waals surface area contributed by atoms with Crippen LogP contribution >= 0.6 is 11.6 Å². The van der Waals surface area contributed by atoms with Crippen molar-refractivity contribution in [1.82, 2.24) is 0 Å². The van der Waals surface area contributed by atoms with Crippen molar-refractivity contribution in [2.75, 3.05) is 0 Å². The summed E-state index contributed by atoms with van der Waals surface area (Å²) in [5.74, 6) is 0.230. The van der Waals surface area contributed by atoms with Gasteiger partial charge in [0.15, 0.2) is 0 Å². The van der Waals surface area contributed by atoms with Crippen molar-refractivity contribution >= 4 is 17.9 Å². The van der Waals surface area contributed by atoms with Crippen LogP contribution in [0, 0.1) is 19.7 Å². The summed E-state index contributed by atoms with van der Waals surface area (Å²) in [6.07, 6.45) is 0.799. The van der Waals surface area contributed by atoms with E-state index in [4.69, 9.17) is 16.3 Å². The first kappa shape index (κ1) is 14.5. The number of hydrogen-bond acceptors (Lipinski definition) is 2. The van der Waals surface area contributed by atoms with Gasteiger partial charge in [-0.2, -0.15) is 0 Å². The molecule has 0 aromatic heterocycles. The first-order valence-corrected chi connectivity index (χ1v) is 6.53. The van der Waals surface area contributed by atoms with Gasteiger partial charge >= 0.3 is 0 Å². The number of hydrogen-bond donors (Lipinski definition) is 0. The predicted octanol–water partition coefficient (Wildman–Crippen LogP) is 4.49. The van der Waals surface area contributed by atoms with Crippen molar-refractivity contribution < 1.29 is 13.9 Å². The molecule has 0 N–H and O–H groups in total. The molecule has 0 heterocycles. The molecule has 0 saturated heterocycles. The second kappa shape index (κ2) is 6.06. The molecule has 0 aliphatic carbocycles. The van der Waals surface area contributed by atoms with E-state index in [1.54, 1.807) is 24.3 Å². The van der Waals surface area contributed by atoms with Crippen LogP contribution in [0.1, 0.15) is 27.0 Å². The van der Waals surface area contributed by atoms with E-state index in [9.17, 15) is 9.18 Å². The van der Waals surface area contributed by atoms with Crippen molar-refractivity contribution in [2.24, 2.45) is 0 Å². The van der Waals surface area contributed by atoms with Gasteiger partial charge in [-0.15, -0.1) is 0 Å². The van der Waals surface area contributed by atoms with Crippen LogP contribution in [0.2, 0.25) is 5.02 Å². The number of carbonyl (C=O) groups excluding carboxylic acids is 1. The summed E-state index contributed by atoms with van der Waals surface area (Å²) in [4.78, 5) is 10.8. The predicted molar refractivity (Wildman–Crippen MR) is 77.0 cm³/mol. The van der Waals surface area contributed by atoms with Gasteiger partial charge in [-0.3, -0.25) is 4.79 Å². The molecule has 2 nitrogen and oxygen atoms in total. The Morgan fingerprint density at radius 3 is 2.50 bits per heavy atom. The Morgan fingerprint density at radius 1 is 1.25 bits per heavy atom. The van der Waals surface area contributed by atoms with Gasteiger partial charge in [0.05, 0.1) is 5.02 Å². The summed E-state index contributed by atoms with van der Waals surface area (Å²) in [6, 6.07) is 8.12. The van der Waals surface area contributed by atoms with Crippen LogP contribution in [0.4, 0.5) is 4.39 Å². The molecule has 0 amide bonds. The molecule has 0 spiro atoms. The lowest BCUT2D eigenvalue weighted by Gasteiger charge is -2.13. The maximum atomic E-state index is 13.3. The second-order valence-electron chi connectivity index (χ2n) is 4.60. The molecule has 4 heteroatoms. The fraction of sp³-hybridized carbons (Fsp3) is 0.188. The summed E-state index contributed by atoms with van der Waals surface area (Å²) in [5.41, 5.74) is 2.92. The molecule has 0 aliphatic heterocycles. The topological polar surface area (TPSA) is 26.3 Å². The molecule has 0 aliphatic rings. The van der Waals surface area contributed by atoms with Crippen LogP contribution in [-0.4, -0.2) is 6.29 Å². The van der Waals surface area contributed by atoms with E-state index in [0.29, 0.717) is 16.9 Å². The van der Waals surface area contributed by atoms with Gasteiger partial charge in [0.1, 0.15) is 24.5 Å². The van der Waals surface area contributed by atoms with Gasteiger partial charge in [0.25, 0.3) is 0 Å². The van der Waals surface area contributed by atoms with Gasteiger partial charge in [0, 0.05) is 11.1 Å². The molecular formula is C16H14ClFO2. The molecule has 0 unspecified atom stereocenters. The first-order valence-electron chi connectivity index (χ1n) is 6.15. The average molecular weight is 293 g/mol. The Bertz CT molecular complexity index is 630. The fourth-order valence-corrected chi connectivity index (χ4v) is 2.27. The quantitative estimate of drug-likeness (QED) is 0.776. The molecule has 2 rings (SSSR count). The second-order valence-corrected chi connectivity index (χ2v) is 4.98. The Hall–Kier alpha value is -1.87. The zero-order chi connectivity index (χ0) is 14.7. The number of carbonyl (C=O) groups is 1. The van der Waals surface area contributed by atoms with E-state index in [0.717, 1.165) is 17.4 Å². The monoisotopic (exact) mass is 292 g/mol. The normalized spacial score (nSPS) is 10.4. The lowest BCUT2D eigenvalue weighted by molar-refractivity contribution is 0.112. The zero-order valence-corrected chi connectivity index (χ0v) is 12.0. The van der Waals surface area contributed by atoms with E-state index in [-0.39, 0.29) is 11.6 Å². The van der Waals surface area contributed by atoms with Gasteiger partial charge in [-0.1, -0.05) is 23.7 Å². The number of aldehydes is 1. The van der Waals surface area contributed by atoms with E-state index >= 15 is 0 Å². The lowest BCUT2D eigenvalue weighted by atomic mass is 10.1. The summed E-state index contributed by atoms with van der Waals surface area (Å²) in [6.45, 7) is 3.91. The molecule has 0 fully saturated rings. The molecule has 0 saturated carbocycles. The SMILES string of the molecule is Cc1cc(C=O)cc(C)c1OCc1cccc(F)c1Cl. The largest absolute Gasteiger partial charge is 0.488 e. The van der Waals surface area contributed by atoms with Crippen LogP contribution in [-0.2, 0) is 6.61 Å². The number of aryl methyl sites for hydroxylation is 2. The van der Waals surface area contributed by atoms with Crippen molar-refractivity contribution in [1.29, 1.82) is 0 Å². The number of ether oxygens (including phenoxy) is 1. The molecule has 20 heavy (non-hydrogen) atoms. The van der Waals surface area contributed by atoms with Gasteiger partial charge in [-0.05, 0) is 43.2 Å². The van der Waals surface area contributed by atoms with Crippen molar-refractivity contribution in [3.05, 3.63) is 63.4 Å². The maximum Gasteiger partial charge on any atom is 0.150 e. The number of benzene rings is 2. The van der Waals surface area contributed by atoms with Crippen LogP contribution in [0.25, 0.3) is 0 Å². The molecular weight excluding hydrogens is 279 g/mol. The Balaban J connectivity index is 2.23. The van der Waals surface area contributed by atoms with Crippen molar-refractivity contribution in [3.63, 3.8) is 0 Å². The van der Waals surface area contributed by atoms with E-state index in [2.05, 4.69) is 0 Å². The highest BCUT2D eigenvalue weighted by atomic mass is 35.5. The van der Waals surface area contributed by atoms with Gasteiger partial charge < -0.3 is 4.74 Å². The zero-order valence-electron chi connectivity index (χ0n) is 11.2. The summed E-state index contributed by atoms with van der Waals surface area (Å²) >= 11 is 5.89. The summed E-state index contributed by atoms with van der Waals surface area (Å²) in [5, 5.41) is 0.0762. The number of halogens is 2. The minimum Gasteiger partial charge on any atom is -0.488 e. The maximum absolute atomic E-state index is 13.3. The molecule has 0 bridgehead atoms. The Labute approximate surface area is 122 Å². The van der Waals surface area contributed by atoms with E-state index < -0.39 is 5.82 Å².